The number of nitrogens with one attached hydrogen (secondary N) is 2. The smallest absolute Gasteiger partial charge is 0.319 e. The van der Waals surface area contributed by atoms with Gasteiger partial charge in [0, 0.05) is 16.7 Å². The number of hydrogen-bond donors (Lipinski definition) is 3. The molecule has 0 heterocycles. The second-order valence-corrected chi connectivity index (χ2v) is 6.01. The van der Waals surface area contributed by atoms with Gasteiger partial charge in [0.05, 0.1) is 5.60 Å². The largest absolute Gasteiger partial charge is 0.388 e. The molecule has 0 unspecified atom stereocenters. The highest BCUT2D eigenvalue weighted by atomic mass is 79.9. The Balaban J connectivity index is 1.89. The fourth-order valence-corrected chi connectivity index (χ4v) is 2.73. The van der Waals surface area contributed by atoms with E-state index in [1.54, 1.807) is 0 Å². The third kappa shape index (κ3) is 3.70. The normalized spacial score (nSPS) is 17.2. The molecule has 0 aromatic heterocycles. The molecule has 2 amide bonds. The highest BCUT2D eigenvalue weighted by Crippen LogP contribution is 2.28. The summed E-state index contributed by atoms with van der Waals surface area (Å²) in [6.07, 6.45) is 3.60. The lowest BCUT2D eigenvalue weighted by Gasteiger charge is -2.22. The van der Waals surface area contributed by atoms with Crippen LogP contribution in [0.4, 0.5) is 10.5 Å². The van der Waals surface area contributed by atoms with Crippen molar-refractivity contribution >= 4 is 27.6 Å². The van der Waals surface area contributed by atoms with Crippen LogP contribution in [-0.2, 0) is 0 Å². The number of benzene rings is 1. The van der Waals surface area contributed by atoms with Gasteiger partial charge < -0.3 is 15.7 Å². The maximum atomic E-state index is 11.8. The van der Waals surface area contributed by atoms with Crippen LogP contribution in [0, 0.1) is 6.92 Å². The van der Waals surface area contributed by atoms with Gasteiger partial charge in [0.15, 0.2) is 0 Å². The fourth-order valence-electron chi connectivity index (χ4n) is 2.36. The summed E-state index contributed by atoms with van der Waals surface area (Å²) in [6.45, 7) is 2.25. The van der Waals surface area contributed by atoms with Gasteiger partial charge in [0.25, 0.3) is 0 Å². The van der Waals surface area contributed by atoms with Crippen molar-refractivity contribution in [3.8, 4) is 0 Å². The van der Waals surface area contributed by atoms with Gasteiger partial charge in [-0.25, -0.2) is 4.79 Å². The summed E-state index contributed by atoms with van der Waals surface area (Å²) >= 11 is 3.43. The number of hydrogen-bond acceptors (Lipinski definition) is 2. The first-order chi connectivity index (χ1) is 9.00. The van der Waals surface area contributed by atoms with Crippen molar-refractivity contribution in [3.63, 3.8) is 0 Å². The zero-order chi connectivity index (χ0) is 13.9. The Hall–Kier alpha value is -1.07. The summed E-state index contributed by atoms with van der Waals surface area (Å²) in [7, 11) is 0. The van der Waals surface area contributed by atoms with Crippen LogP contribution in [0.25, 0.3) is 0 Å². The van der Waals surface area contributed by atoms with E-state index in [-0.39, 0.29) is 6.03 Å². The average Bonchev–Trinajstić information content (AvgIpc) is 2.80. The molecule has 19 heavy (non-hydrogen) atoms. The average molecular weight is 327 g/mol. The molecule has 1 aromatic rings. The number of halogens is 1. The summed E-state index contributed by atoms with van der Waals surface area (Å²) in [5.74, 6) is 0. The minimum atomic E-state index is -0.719. The Bertz CT molecular complexity index is 471. The van der Waals surface area contributed by atoms with E-state index in [0.29, 0.717) is 6.54 Å². The molecule has 2 rings (SSSR count). The van der Waals surface area contributed by atoms with E-state index in [2.05, 4.69) is 26.6 Å². The molecule has 5 heteroatoms. The Morgan fingerprint density at radius 1 is 1.42 bits per heavy atom. The van der Waals surface area contributed by atoms with Crippen LogP contribution in [0.1, 0.15) is 31.2 Å². The van der Waals surface area contributed by atoms with Gasteiger partial charge in [-0.3, -0.25) is 0 Å². The zero-order valence-electron chi connectivity index (χ0n) is 11.0. The predicted molar refractivity (Wildman–Crippen MR) is 79.3 cm³/mol. The summed E-state index contributed by atoms with van der Waals surface area (Å²) in [6, 6.07) is 5.38. The molecular formula is C14H19BrN2O2. The summed E-state index contributed by atoms with van der Waals surface area (Å²) in [5, 5.41) is 15.7. The summed E-state index contributed by atoms with van der Waals surface area (Å²) in [5.41, 5.74) is 1.03. The maximum Gasteiger partial charge on any atom is 0.319 e. The van der Waals surface area contributed by atoms with Gasteiger partial charge in [0.1, 0.15) is 0 Å². The van der Waals surface area contributed by atoms with E-state index in [1.807, 2.05) is 25.1 Å². The number of amides is 2. The molecule has 0 atom stereocenters. The second-order valence-electron chi connectivity index (χ2n) is 5.15. The molecule has 1 fully saturated rings. The molecule has 104 valence electrons. The predicted octanol–water partition coefficient (Wildman–Crippen LogP) is 3.18. The van der Waals surface area contributed by atoms with Gasteiger partial charge in [-0.05, 0) is 37.5 Å². The summed E-state index contributed by atoms with van der Waals surface area (Å²) in [4.78, 5) is 11.8. The summed E-state index contributed by atoms with van der Waals surface area (Å²) < 4.78 is 0.958. The highest BCUT2D eigenvalue weighted by molar-refractivity contribution is 9.10. The SMILES string of the molecule is Cc1c(Br)cccc1NC(=O)NCC1(O)CCCC1. The number of carbonyl (C=O) groups is 1. The topological polar surface area (TPSA) is 61.4 Å². The number of aliphatic hydroxyl groups is 1. The second kappa shape index (κ2) is 5.92. The Labute approximate surface area is 121 Å². The van der Waals surface area contributed by atoms with E-state index < -0.39 is 5.60 Å². The van der Waals surface area contributed by atoms with Crippen molar-refractivity contribution in [2.45, 2.75) is 38.2 Å². The molecule has 0 saturated heterocycles. The van der Waals surface area contributed by atoms with Crippen LogP contribution >= 0.6 is 15.9 Å². The molecule has 1 aromatic carbocycles. The molecule has 1 aliphatic carbocycles. The first-order valence-electron chi connectivity index (χ1n) is 6.52. The van der Waals surface area contributed by atoms with Crippen molar-refractivity contribution in [1.29, 1.82) is 0 Å². The van der Waals surface area contributed by atoms with Crippen LogP contribution in [0.15, 0.2) is 22.7 Å². The van der Waals surface area contributed by atoms with Crippen LogP contribution in [0.2, 0.25) is 0 Å². The lowest BCUT2D eigenvalue weighted by atomic mass is 10.0. The van der Waals surface area contributed by atoms with Crippen molar-refractivity contribution in [2.24, 2.45) is 0 Å². The van der Waals surface area contributed by atoms with Gasteiger partial charge in [0.2, 0.25) is 0 Å². The molecule has 0 radical (unpaired) electrons. The van der Waals surface area contributed by atoms with Crippen molar-refractivity contribution in [2.75, 3.05) is 11.9 Å². The quantitative estimate of drug-likeness (QED) is 0.798. The van der Waals surface area contributed by atoms with Gasteiger partial charge in [-0.1, -0.05) is 34.8 Å². The Kier molecular flexibility index (Phi) is 4.47. The van der Waals surface area contributed by atoms with E-state index >= 15 is 0 Å². The zero-order valence-corrected chi connectivity index (χ0v) is 12.6. The first kappa shape index (κ1) is 14.3. The third-order valence-corrected chi connectivity index (χ3v) is 4.49. The van der Waals surface area contributed by atoms with Gasteiger partial charge in [-0.2, -0.15) is 0 Å². The molecule has 1 saturated carbocycles. The monoisotopic (exact) mass is 326 g/mol. The number of carbonyl (C=O) groups excluding carboxylic acids is 1. The van der Waals surface area contributed by atoms with Crippen molar-refractivity contribution < 1.29 is 9.90 Å². The number of rotatable bonds is 3. The van der Waals surface area contributed by atoms with E-state index in [1.165, 1.54) is 0 Å². The van der Waals surface area contributed by atoms with Crippen LogP contribution in [0.5, 0.6) is 0 Å². The number of urea groups is 1. The molecule has 4 nitrogen and oxygen atoms in total. The molecule has 3 N–H and O–H groups in total. The van der Waals surface area contributed by atoms with E-state index in [4.69, 9.17) is 0 Å². The van der Waals surface area contributed by atoms with Crippen molar-refractivity contribution in [1.82, 2.24) is 5.32 Å². The minimum Gasteiger partial charge on any atom is -0.388 e. The maximum absolute atomic E-state index is 11.8. The standard InChI is InChI=1S/C14H19BrN2O2/c1-10-11(15)5-4-6-12(10)17-13(18)16-9-14(19)7-2-3-8-14/h4-6,19H,2-3,7-9H2,1H3,(H2,16,17,18). The highest BCUT2D eigenvalue weighted by Gasteiger charge is 2.31. The van der Waals surface area contributed by atoms with Crippen LogP contribution < -0.4 is 10.6 Å². The van der Waals surface area contributed by atoms with Gasteiger partial charge in [-0.15, -0.1) is 0 Å². The van der Waals surface area contributed by atoms with Crippen LogP contribution in [0.3, 0.4) is 0 Å². The van der Waals surface area contributed by atoms with E-state index in [0.717, 1.165) is 41.4 Å². The number of anilines is 1. The minimum absolute atomic E-state index is 0.276. The molecular weight excluding hydrogens is 308 g/mol. The van der Waals surface area contributed by atoms with Crippen molar-refractivity contribution in [3.05, 3.63) is 28.2 Å². The van der Waals surface area contributed by atoms with Crippen LogP contribution in [-0.4, -0.2) is 23.3 Å². The lowest BCUT2D eigenvalue weighted by Crippen LogP contribution is -2.42. The fraction of sp³-hybridized carbons (Fsp3) is 0.500. The molecule has 0 aliphatic heterocycles. The lowest BCUT2D eigenvalue weighted by molar-refractivity contribution is 0.0506. The third-order valence-electron chi connectivity index (χ3n) is 3.63. The Morgan fingerprint density at radius 3 is 2.79 bits per heavy atom. The van der Waals surface area contributed by atoms with E-state index in [9.17, 15) is 9.90 Å². The molecule has 0 bridgehead atoms. The Morgan fingerprint density at radius 2 is 2.11 bits per heavy atom. The molecule has 0 spiro atoms. The molecule has 1 aliphatic rings. The first-order valence-corrected chi connectivity index (χ1v) is 7.32. The van der Waals surface area contributed by atoms with Gasteiger partial charge >= 0.3 is 6.03 Å².